The highest BCUT2D eigenvalue weighted by Crippen LogP contribution is 2.52. The molecule has 0 aromatic heterocycles. The Morgan fingerprint density at radius 3 is 1.02 bits per heavy atom. The van der Waals surface area contributed by atoms with E-state index in [1.807, 2.05) is 43.0 Å². The Balaban J connectivity index is -0.000000135. The zero-order chi connectivity index (χ0) is 82.8. The monoisotopic (exact) mass is 1610 g/mol. The zero-order valence-corrected chi connectivity index (χ0v) is 83.4. The number of hydrogen-bond acceptors (Lipinski definition) is 16. The van der Waals surface area contributed by atoms with E-state index in [0.717, 1.165) is 97.4 Å². The van der Waals surface area contributed by atoms with Crippen molar-refractivity contribution in [3.63, 3.8) is 0 Å². The topological polar surface area (TPSA) is 77.6 Å². The lowest BCUT2D eigenvalue weighted by Crippen LogP contribution is -2.31. The van der Waals surface area contributed by atoms with E-state index in [-0.39, 0.29) is 0 Å². The van der Waals surface area contributed by atoms with Crippen LogP contribution in [0.2, 0.25) is 0 Å². The van der Waals surface area contributed by atoms with Crippen LogP contribution in [-0.4, -0.2) is 236 Å². The van der Waals surface area contributed by atoms with Gasteiger partial charge in [-0.25, -0.2) is 0 Å². The largest absolute Gasteiger partial charge is 0.385 e. The molecular weight excluding hydrogens is 1420 g/mol. The molecule has 14 unspecified atom stereocenters. The summed E-state index contributed by atoms with van der Waals surface area (Å²) < 4.78 is 35.1. The first-order valence-corrected chi connectivity index (χ1v) is 50.1. The molecule has 0 spiro atoms. The van der Waals surface area contributed by atoms with Crippen LogP contribution in [-0.2, 0) is 33.2 Å². The summed E-state index contributed by atoms with van der Waals surface area (Å²) in [6, 6.07) is 0. The van der Waals surface area contributed by atoms with E-state index < -0.39 is 0 Å². The average Bonchev–Trinajstić information content (AvgIpc) is 1.67. The van der Waals surface area contributed by atoms with Gasteiger partial charge in [0.2, 0.25) is 0 Å². The summed E-state index contributed by atoms with van der Waals surface area (Å²) in [6.07, 6.45) is 30.1. The molecular formula is C89H199N3O7S6. The second-order valence-corrected chi connectivity index (χ2v) is 39.1. The number of nitrogens with zero attached hydrogens (tertiary/aromatic N) is 3. The molecule has 7 heterocycles. The molecule has 2 bridgehead atoms. The molecule has 7 rings (SSSR count). The van der Waals surface area contributed by atoms with Crippen LogP contribution in [0, 0.1) is 53.3 Å². The van der Waals surface area contributed by atoms with Crippen LogP contribution in [0.4, 0.5) is 0 Å². The van der Waals surface area contributed by atoms with Crippen LogP contribution in [0.15, 0.2) is 0 Å². The third-order valence-corrected chi connectivity index (χ3v) is 24.2. The van der Waals surface area contributed by atoms with Gasteiger partial charge in [-0.05, 0) is 312 Å². The Labute approximate surface area is 691 Å². The Morgan fingerprint density at radius 2 is 0.829 bits per heavy atom. The van der Waals surface area contributed by atoms with Crippen molar-refractivity contribution in [2.45, 2.75) is 350 Å². The summed E-state index contributed by atoms with van der Waals surface area (Å²) >= 11 is 12.2. The molecule has 0 N–H and O–H groups in total. The third kappa shape index (κ3) is 117. The lowest BCUT2D eigenvalue weighted by Gasteiger charge is -2.30. The van der Waals surface area contributed by atoms with Gasteiger partial charge < -0.3 is 47.9 Å². The summed E-state index contributed by atoms with van der Waals surface area (Å²) in [4.78, 5) is 6.73. The summed E-state index contributed by atoms with van der Waals surface area (Å²) in [6.45, 7) is 71.0. The molecule has 0 aliphatic carbocycles. The molecule has 7 fully saturated rings. The first-order valence-electron chi connectivity index (χ1n) is 42.9. The SMILES string of the molecule is CC(C)CN(C)C.CC1CC(C)O1.CC1CC2SC1CC2C.CC1CCC(C)COC1.CC1CCC(C)O1.CC1CCN(C)CC1.CC1OC1C.CCC(C)COC.CCCCSCCC.CCCSCC.CCCSCCC.CCN(C)C.CCOC.CCSCC(C)CC.COCC(C)C.CSC. The Kier molecular flexibility index (Phi) is 117. The van der Waals surface area contributed by atoms with Gasteiger partial charge in [-0.3, -0.25) is 0 Å². The minimum Gasteiger partial charge on any atom is -0.385 e. The number of likely N-dealkylation sites (tertiary alicyclic amines) is 1. The lowest BCUT2D eigenvalue weighted by molar-refractivity contribution is -0.102. The van der Waals surface area contributed by atoms with E-state index in [2.05, 4.69) is 277 Å². The third-order valence-electron chi connectivity index (χ3n) is 17.2. The molecule has 14 atom stereocenters. The van der Waals surface area contributed by atoms with E-state index in [1.54, 1.807) is 33.1 Å². The average molecular weight is 1620 g/mol. The molecule has 648 valence electrons. The van der Waals surface area contributed by atoms with Crippen LogP contribution >= 0.6 is 70.6 Å². The summed E-state index contributed by atoms with van der Waals surface area (Å²) in [5.41, 5.74) is 0. The molecule has 7 aliphatic rings. The number of thioether (sulfide) groups is 6. The molecule has 0 saturated carbocycles. The number of unbranched alkanes of at least 4 members (excludes halogenated alkanes) is 1. The maximum Gasteiger partial charge on any atom is 0.0811 e. The minimum absolute atomic E-state index is 0.523. The van der Waals surface area contributed by atoms with Gasteiger partial charge in [0.15, 0.2) is 0 Å². The Bertz CT molecular complexity index is 1410. The number of ether oxygens (including phenoxy) is 7. The first-order chi connectivity index (χ1) is 49.6. The van der Waals surface area contributed by atoms with E-state index in [0.29, 0.717) is 42.5 Å². The molecule has 0 amide bonds. The van der Waals surface area contributed by atoms with Gasteiger partial charge in [-0.2, -0.15) is 70.6 Å². The highest BCUT2D eigenvalue weighted by Gasteiger charge is 2.42. The first kappa shape index (κ1) is 125. The van der Waals surface area contributed by atoms with Crippen molar-refractivity contribution < 1.29 is 33.2 Å². The van der Waals surface area contributed by atoms with Gasteiger partial charge in [-0.1, -0.05) is 165 Å². The fourth-order valence-corrected chi connectivity index (χ4v) is 14.9. The van der Waals surface area contributed by atoms with Crippen LogP contribution in [0.5, 0.6) is 0 Å². The smallest absolute Gasteiger partial charge is 0.0811 e. The number of hydrogen-bond donors (Lipinski definition) is 0. The number of rotatable bonds is 25. The fraction of sp³-hybridized carbons (Fsp3) is 1.00. The van der Waals surface area contributed by atoms with E-state index in [9.17, 15) is 0 Å². The highest BCUT2D eigenvalue weighted by atomic mass is 32.2. The molecule has 7 saturated heterocycles. The van der Waals surface area contributed by atoms with Crippen LogP contribution in [0.1, 0.15) is 303 Å². The van der Waals surface area contributed by atoms with Crippen LogP contribution in [0.3, 0.4) is 0 Å². The van der Waals surface area contributed by atoms with E-state index in [1.165, 1.54) is 175 Å². The summed E-state index contributed by atoms with van der Waals surface area (Å²) in [5, 5.41) is 2.06. The number of epoxide rings is 1. The van der Waals surface area contributed by atoms with Crippen molar-refractivity contribution >= 4 is 70.6 Å². The van der Waals surface area contributed by atoms with Crippen molar-refractivity contribution in [1.29, 1.82) is 0 Å². The molecule has 0 radical (unpaired) electrons. The van der Waals surface area contributed by atoms with Crippen LogP contribution < -0.4 is 0 Å². The summed E-state index contributed by atoms with van der Waals surface area (Å²) in [7, 11) is 15.7. The number of fused-ring (bicyclic) bond motifs is 2. The fourth-order valence-electron chi connectivity index (χ4n) is 9.67. The van der Waals surface area contributed by atoms with Gasteiger partial charge in [0, 0.05) is 64.9 Å². The molecule has 7 aliphatic heterocycles. The standard InChI is InChI=1S/C8H16O.C8H14S.C7H15N.2C7H16S.C6H15N.C6H12O.C6H14O.C6H14S.C5H10O.C5H12O.C5H12S.C4H11N.C4H8O.C3H8O.C2H6S/c1-7-3-4-8(2)6-9-5-7;1-5-3-8-6(2)4-7(5)9-8;1-7-3-5-8(2)6-4-7;1-4-7(3)6-8-5-2;1-3-5-7-8-6-4-2;1-6(2)5-7(3)4;1-5-3-4-6(2)7-5;1-4-6(2)5-7-3;1-3-5-7-6-4-2;1-4-3-5(2)6-4;1-5(2)4-6-3;1-3-5-6-4-2;1-4-5(2)3;1-3-4(2)5-3;1-3-4-2;1-3-2/h7-8H,3-6H2,1-2H3;5-8H,3-4H2,1-2H3;7H,3-6H2,1-2H3;7H,4-6H2,1-3H3;3-7H2,1-2H3;6H,5H2,1-4H3;5-6H,3-4H2,1-2H3;6H,4-5H2,1-3H3;3-6H2,1-2H3;4-5H,3H2,1-2H3;5H,4H2,1-3H3;3-5H2,1-2H3;4H2,1-3H3;3-4H,1-2H3;3H2,1-2H3;1-2H3. The number of piperidine rings is 1. The van der Waals surface area contributed by atoms with Gasteiger partial charge in [0.1, 0.15) is 0 Å². The van der Waals surface area contributed by atoms with Crippen molar-refractivity contribution in [1.82, 2.24) is 14.7 Å². The van der Waals surface area contributed by atoms with Crippen molar-refractivity contribution in [2.75, 3.05) is 174 Å². The predicted molar refractivity (Wildman–Crippen MR) is 500 cm³/mol. The van der Waals surface area contributed by atoms with E-state index >= 15 is 0 Å². The normalized spacial score (nSPS) is 23.9. The molecule has 0 aromatic rings. The lowest BCUT2D eigenvalue weighted by atomic mass is 9.84. The maximum atomic E-state index is 5.42. The van der Waals surface area contributed by atoms with Gasteiger partial charge in [0.05, 0.1) is 36.6 Å². The van der Waals surface area contributed by atoms with Gasteiger partial charge >= 0.3 is 0 Å². The Morgan fingerprint density at radius 1 is 0.448 bits per heavy atom. The zero-order valence-electron chi connectivity index (χ0n) is 78.5. The number of methoxy groups -OCH3 is 3. The molecule has 10 nitrogen and oxygen atoms in total. The summed E-state index contributed by atoms with van der Waals surface area (Å²) in [5.74, 6) is 18.3. The van der Waals surface area contributed by atoms with Crippen molar-refractivity contribution in [2.24, 2.45) is 53.3 Å². The van der Waals surface area contributed by atoms with Crippen molar-refractivity contribution in [3.8, 4) is 0 Å². The molecule has 105 heavy (non-hydrogen) atoms. The maximum absolute atomic E-state index is 5.42. The van der Waals surface area contributed by atoms with Crippen LogP contribution in [0.25, 0.3) is 0 Å². The predicted octanol–water partition coefficient (Wildman–Crippen LogP) is 26.3. The molecule has 16 heteroatoms. The van der Waals surface area contributed by atoms with Gasteiger partial charge in [-0.15, -0.1) is 0 Å². The second kappa shape index (κ2) is 98.1. The molecule has 0 aromatic carbocycles. The quantitative estimate of drug-likeness (QED) is 0.0642. The van der Waals surface area contributed by atoms with Crippen molar-refractivity contribution in [3.05, 3.63) is 0 Å². The van der Waals surface area contributed by atoms with E-state index in [4.69, 9.17) is 28.4 Å². The van der Waals surface area contributed by atoms with Gasteiger partial charge in [0.25, 0.3) is 0 Å². The Hall–Kier alpha value is 1.70. The minimum atomic E-state index is 0.523. The second-order valence-electron chi connectivity index (χ2n) is 31.6. The highest BCUT2D eigenvalue weighted by molar-refractivity contribution is 8.01.